The summed E-state index contributed by atoms with van der Waals surface area (Å²) >= 11 is 0. The Morgan fingerprint density at radius 1 is 1.24 bits per heavy atom. The van der Waals surface area contributed by atoms with E-state index in [1.807, 2.05) is 36.1 Å². The normalized spacial score (nSPS) is 16.8. The molecule has 0 aliphatic carbocycles. The van der Waals surface area contributed by atoms with Gasteiger partial charge in [0.25, 0.3) is 5.91 Å². The van der Waals surface area contributed by atoms with Gasteiger partial charge in [-0.05, 0) is 69.4 Å². The van der Waals surface area contributed by atoms with Gasteiger partial charge in [0.1, 0.15) is 0 Å². The number of likely N-dealkylation sites (tertiary alicyclic amines) is 1. The molecule has 5 nitrogen and oxygen atoms in total. The number of pyridine rings is 2. The van der Waals surface area contributed by atoms with Gasteiger partial charge >= 0.3 is 0 Å². The maximum Gasteiger partial charge on any atom is 0.257 e. The highest BCUT2D eigenvalue weighted by atomic mass is 16.2. The molecule has 0 bridgehead atoms. The van der Waals surface area contributed by atoms with Crippen molar-refractivity contribution in [3.63, 3.8) is 0 Å². The average molecular weight is 389 g/mol. The molecule has 1 aliphatic heterocycles. The van der Waals surface area contributed by atoms with Gasteiger partial charge in [0.05, 0.1) is 11.3 Å². The van der Waals surface area contributed by atoms with Crippen LogP contribution in [-0.4, -0.2) is 33.4 Å². The SMILES string of the molecule is CCc1cccc(Nc2c(C(=O)N3CCCCC3C)cnc3nc(C)ccc23)c1. The summed E-state index contributed by atoms with van der Waals surface area (Å²) < 4.78 is 0. The Bertz CT molecular complexity index is 1050. The van der Waals surface area contributed by atoms with Crippen LogP contribution in [0.15, 0.2) is 42.6 Å². The quantitative estimate of drug-likeness (QED) is 0.662. The fourth-order valence-electron chi connectivity index (χ4n) is 4.04. The van der Waals surface area contributed by atoms with Crippen LogP contribution >= 0.6 is 0 Å². The summed E-state index contributed by atoms with van der Waals surface area (Å²) in [6.07, 6.45) is 5.93. The molecule has 5 heteroatoms. The van der Waals surface area contributed by atoms with Gasteiger partial charge in [0.15, 0.2) is 5.65 Å². The molecule has 1 saturated heterocycles. The van der Waals surface area contributed by atoms with E-state index >= 15 is 0 Å². The molecular weight excluding hydrogens is 360 g/mol. The van der Waals surface area contributed by atoms with E-state index in [0.29, 0.717) is 11.2 Å². The van der Waals surface area contributed by atoms with E-state index in [0.717, 1.165) is 48.3 Å². The van der Waals surface area contributed by atoms with Crippen LogP contribution in [-0.2, 0) is 6.42 Å². The molecule has 0 saturated carbocycles. The van der Waals surface area contributed by atoms with E-state index in [1.165, 1.54) is 12.0 Å². The number of benzene rings is 1. The Morgan fingerprint density at radius 3 is 2.90 bits per heavy atom. The van der Waals surface area contributed by atoms with E-state index in [1.54, 1.807) is 6.20 Å². The molecule has 3 aromatic rings. The summed E-state index contributed by atoms with van der Waals surface area (Å²) in [5.41, 5.74) is 5.19. The number of carbonyl (C=O) groups is 1. The van der Waals surface area contributed by atoms with E-state index in [9.17, 15) is 4.79 Å². The molecule has 1 N–H and O–H groups in total. The summed E-state index contributed by atoms with van der Waals surface area (Å²) in [4.78, 5) is 24.6. The lowest BCUT2D eigenvalue weighted by Gasteiger charge is -2.34. The minimum Gasteiger partial charge on any atom is -0.354 e. The zero-order chi connectivity index (χ0) is 20.4. The van der Waals surface area contributed by atoms with Crippen LogP contribution in [0, 0.1) is 6.92 Å². The predicted molar refractivity (Wildman–Crippen MR) is 118 cm³/mol. The van der Waals surface area contributed by atoms with Crippen LogP contribution in [0.25, 0.3) is 11.0 Å². The van der Waals surface area contributed by atoms with Gasteiger partial charge in [-0.3, -0.25) is 4.79 Å². The summed E-state index contributed by atoms with van der Waals surface area (Å²) in [6.45, 7) is 7.02. The number of hydrogen-bond donors (Lipinski definition) is 1. The molecule has 1 aliphatic rings. The van der Waals surface area contributed by atoms with E-state index in [4.69, 9.17) is 0 Å². The molecule has 29 heavy (non-hydrogen) atoms. The topological polar surface area (TPSA) is 58.1 Å². The van der Waals surface area contributed by atoms with Crippen LogP contribution in [0.1, 0.15) is 54.7 Å². The number of nitrogens with zero attached hydrogens (tertiary/aromatic N) is 3. The summed E-state index contributed by atoms with van der Waals surface area (Å²) in [6, 6.07) is 12.5. The Labute approximate surface area is 172 Å². The number of nitrogens with one attached hydrogen (secondary N) is 1. The number of rotatable bonds is 4. The lowest BCUT2D eigenvalue weighted by molar-refractivity contribution is 0.0636. The monoisotopic (exact) mass is 388 g/mol. The number of carbonyl (C=O) groups excluding carboxylic acids is 1. The van der Waals surface area contributed by atoms with Crippen molar-refractivity contribution in [1.82, 2.24) is 14.9 Å². The van der Waals surface area contributed by atoms with Gasteiger partial charge in [-0.1, -0.05) is 19.1 Å². The van der Waals surface area contributed by atoms with Gasteiger partial charge in [-0.25, -0.2) is 9.97 Å². The Balaban J connectivity index is 1.81. The number of amides is 1. The highest BCUT2D eigenvalue weighted by Gasteiger charge is 2.27. The molecule has 0 radical (unpaired) electrons. The second kappa shape index (κ2) is 8.19. The van der Waals surface area contributed by atoms with Crippen molar-refractivity contribution in [3.05, 3.63) is 59.4 Å². The van der Waals surface area contributed by atoms with Crippen LogP contribution in [0.2, 0.25) is 0 Å². The number of fused-ring (bicyclic) bond motifs is 1. The van der Waals surface area contributed by atoms with Crippen molar-refractivity contribution in [2.24, 2.45) is 0 Å². The molecular formula is C24H28N4O. The highest BCUT2D eigenvalue weighted by molar-refractivity contribution is 6.07. The number of aromatic nitrogens is 2. The second-order valence-corrected chi connectivity index (χ2v) is 7.89. The molecule has 1 aromatic carbocycles. The third kappa shape index (κ3) is 3.95. The molecule has 1 atom stereocenters. The average Bonchev–Trinajstić information content (AvgIpc) is 2.74. The van der Waals surface area contributed by atoms with Crippen LogP contribution in [0.3, 0.4) is 0 Å². The second-order valence-electron chi connectivity index (χ2n) is 7.89. The zero-order valence-electron chi connectivity index (χ0n) is 17.4. The molecule has 4 rings (SSSR count). The smallest absolute Gasteiger partial charge is 0.257 e. The van der Waals surface area contributed by atoms with Crippen LogP contribution < -0.4 is 5.32 Å². The number of hydrogen-bond acceptors (Lipinski definition) is 4. The Kier molecular flexibility index (Phi) is 5.47. The van der Waals surface area contributed by atoms with Crippen molar-refractivity contribution in [2.45, 2.75) is 52.5 Å². The fourth-order valence-corrected chi connectivity index (χ4v) is 4.04. The molecule has 2 aromatic heterocycles. The first kappa shape index (κ1) is 19.4. The summed E-state index contributed by atoms with van der Waals surface area (Å²) in [5, 5.41) is 4.39. The van der Waals surface area contributed by atoms with Crippen molar-refractivity contribution in [2.75, 3.05) is 11.9 Å². The first-order valence-electron chi connectivity index (χ1n) is 10.5. The standard InChI is InChI=1S/C24H28N4O/c1-4-18-9-7-10-19(14-18)27-22-20-12-11-16(2)26-23(20)25-15-21(22)24(29)28-13-6-5-8-17(28)3/h7,9-12,14-15,17H,4-6,8,13H2,1-3H3,(H,25,26,27). The van der Waals surface area contributed by atoms with Crippen molar-refractivity contribution >= 4 is 28.3 Å². The number of anilines is 2. The minimum atomic E-state index is 0.0429. The van der Waals surface area contributed by atoms with Crippen LogP contribution in [0.5, 0.6) is 0 Å². The molecule has 150 valence electrons. The van der Waals surface area contributed by atoms with Gasteiger partial charge < -0.3 is 10.2 Å². The largest absolute Gasteiger partial charge is 0.354 e. The lowest BCUT2D eigenvalue weighted by Crippen LogP contribution is -2.42. The first-order chi connectivity index (χ1) is 14.1. The zero-order valence-corrected chi connectivity index (χ0v) is 17.4. The first-order valence-corrected chi connectivity index (χ1v) is 10.5. The minimum absolute atomic E-state index is 0.0429. The van der Waals surface area contributed by atoms with Crippen LogP contribution in [0.4, 0.5) is 11.4 Å². The summed E-state index contributed by atoms with van der Waals surface area (Å²) in [5.74, 6) is 0.0429. The number of piperidine rings is 1. The Hall–Kier alpha value is -2.95. The highest BCUT2D eigenvalue weighted by Crippen LogP contribution is 2.31. The number of aryl methyl sites for hydroxylation is 2. The third-order valence-corrected chi connectivity index (χ3v) is 5.77. The summed E-state index contributed by atoms with van der Waals surface area (Å²) in [7, 11) is 0. The predicted octanol–water partition coefficient (Wildman–Crippen LogP) is 5.26. The molecule has 1 fully saturated rings. The van der Waals surface area contributed by atoms with Gasteiger partial charge in [0, 0.05) is 35.6 Å². The van der Waals surface area contributed by atoms with Gasteiger partial charge in [0.2, 0.25) is 0 Å². The molecule has 3 heterocycles. The van der Waals surface area contributed by atoms with Crippen molar-refractivity contribution in [3.8, 4) is 0 Å². The van der Waals surface area contributed by atoms with Gasteiger partial charge in [-0.15, -0.1) is 0 Å². The lowest BCUT2D eigenvalue weighted by atomic mass is 10.0. The molecule has 1 amide bonds. The van der Waals surface area contributed by atoms with Gasteiger partial charge in [-0.2, -0.15) is 0 Å². The molecule has 1 unspecified atom stereocenters. The third-order valence-electron chi connectivity index (χ3n) is 5.77. The van der Waals surface area contributed by atoms with Crippen molar-refractivity contribution < 1.29 is 4.79 Å². The maximum atomic E-state index is 13.5. The Morgan fingerprint density at radius 2 is 2.10 bits per heavy atom. The van der Waals surface area contributed by atoms with E-state index in [2.05, 4.69) is 41.3 Å². The van der Waals surface area contributed by atoms with E-state index < -0.39 is 0 Å². The fraction of sp³-hybridized carbons (Fsp3) is 0.375. The maximum absolute atomic E-state index is 13.5. The molecule has 0 spiro atoms. The van der Waals surface area contributed by atoms with E-state index in [-0.39, 0.29) is 11.9 Å². The van der Waals surface area contributed by atoms with Crippen molar-refractivity contribution in [1.29, 1.82) is 0 Å².